The van der Waals surface area contributed by atoms with Crippen molar-refractivity contribution in [3.05, 3.63) is 35.4 Å². The summed E-state index contributed by atoms with van der Waals surface area (Å²) in [6.07, 6.45) is 1.13. The third-order valence-corrected chi connectivity index (χ3v) is 2.68. The van der Waals surface area contributed by atoms with Crippen molar-refractivity contribution in [2.24, 2.45) is 0 Å². The molecule has 0 fully saturated rings. The molecule has 0 aromatic heterocycles. The SMILES string of the molecule is CS(=O)(=O)Cc1cccc(C(=O)CO)c1. The maximum atomic E-state index is 11.1. The number of sulfone groups is 1. The normalized spacial score (nSPS) is 11.3. The molecule has 1 N–H and O–H groups in total. The van der Waals surface area contributed by atoms with Crippen LogP contribution in [0.2, 0.25) is 0 Å². The Balaban J connectivity index is 2.98. The highest BCUT2D eigenvalue weighted by Gasteiger charge is 2.08. The molecule has 4 nitrogen and oxygen atoms in total. The Morgan fingerprint density at radius 1 is 1.40 bits per heavy atom. The van der Waals surface area contributed by atoms with Gasteiger partial charge in [0.05, 0.1) is 5.75 Å². The van der Waals surface area contributed by atoms with Crippen LogP contribution < -0.4 is 0 Å². The Bertz CT molecular complexity index is 462. The molecule has 1 rings (SSSR count). The Hall–Kier alpha value is -1.20. The maximum Gasteiger partial charge on any atom is 0.188 e. The molecule has 0 atom stereocenters. The van der Waals surface area contributed by atoms with Crippen LogP contribution in [0.25, 0.3) is 0 Å². The van der Waals surface area contributed by atoms with Gasteiger partial charge in [0.15, 0.2) is 15.6 Å². The van der Waals surface area contributed by atoms with E-state index in [1.54, 1.807) is 18.2 Å². The van der Waals surface area contributed by atoms with Gasteiger partial charge in [0.25, 0.3) is 0 Å². The Morgan fingerprint density at radius 3 is 2.60 bits per heavy atom. The van der Waals surface area contributed by atoms with Crippen LogP contribution in [0.15, 0.2) is 24.3 Å². The first-order chi connectivity index (χ1) is 6.92. The highest BCUT2D eigenvalue weighted by molar-refractivity contribution is 7.89. The minimum atomic E-state index is -3.10. The fourth-order valence-electron chi connectivity index (χ4n) is 1.23. The Kier molecular flexibility index (Phi) is 3.60. The molecule has 0 aliphatic rings. The largest absolute Gasteiger partial charge is 0.388 e. The van der Waals surface area contributed by atoms with Crippen molar-refractivity contribution in [1.82, 2.24) is 0 Å². The summed E-state index contributed by atoms with van der Waals surface area (Å²) >= 11 is 0. The van der Waals surface area contributed by atoms with E-state index < -0.39 is 22.2 Å². The molecule has 0 heterocycles. The van der Waals surface area contributed by atoms with Crippen LogP contribution in [0.4, 0.5) is 0 Å². The van der Waals surface area contributed by atoms with Crippen molar-refractivity contribution in [3.8, 4) is 0 Å². The lowest BCUT2D eigenvalue weighted by molar-refractivity contribution is 0.0903. The molecular formula is C10H12O4S. The molecule has 0 saturated carbocycles. The van der Waals surface area contributed by atoms with Gasteiger partial charge in [-0.3, -0.25) is 4.79 Å². The van der Waals surface area contributed by atoms with Crippen LogP contribution in [0.1, 0.15) is 15.9 Å². The number of hydrogen-bond acceptors (Lipinski definition) is 4. The lowest BCUT2D eigenvalue weighted by Gasteiger charge is -2.02. The first kappa shape index (κ1) is 11.9. The number of ketones is 1. The predicted molar refractivity (Wildman–Crippen MR) is 56.4 cm³/mol. The van der Waals surface area contributed by atoms with Gasteiger partial charge in [0, 0.05) is 11.8 Å². The summed E-state index contributed by atoms with van der Waals surface area (Å²) in [5, 5.41) is 8.64. The monoisotopic (exact) mass is 228 g/mol. The van der Waals surface area contributed by atoms with Crippen molar-refractivity contribution >= 4 is 15.6 Å². The second-order valence-electron chi connectivity index (χ2n) is 3.35. The van der Waals surface area contributed by atoms with Crippen LogP contribution in [0, 0.1) is 0 Å². The number of aliphatic hydroxyl groups is 1. The van der Waals surface area contributed by atoms with Crippen LogP contribution in [0.3, 0.4) is 0 Å². The fourth-order valence-corrected chi connectivity index (χ4v) is 2.01. The minimum Gasteiger partial charge on any atom is -0.388 e. The predicted octanol–water partition coefficient (Wildman–Crippen LogP) is 0.406. The van der Waals surface area contributed by atoms with Gasteiger partial charge in [-0.05, 0) is 11.6 Å². The second-order valence-corrected chi connectivity index (χ2v) is 5.49. The summed E-state index contributed by atoms with van der Waals surface area (Å²) in [4.78, 5) is 11.1. The van der Waals surface area contributed by atoms with E-state index in [0.717, 1.165) is 6.26 Å². The lowest BCUT2D eigenvalue weighted by atomic mass is 10.1. The summed E-state index contributed by atoms with van der Waals surface area (Å²) in [5.41, 5.74) is 0.885. The van der Waals surface area contributed by atoms with Crippen LogP contribution in [-0.4, -0.2) is 32.2 Å². The zero-order valence-corrected chi connectivity index (χ0v) is 9.12. The molecule has 82 valence electrons. The molecule has 0 saturated heterocycles. The highest BCUT2D eigenvalue weighted by atomic mass is 32.2. The van der Waals surface area contributed by atoms with Gasteiger partial charge >= 0.3 is 0 Å². The van der Waals surface area contributed by atoms with Gasteiger partial charge in [-0.25, -0.2) is 8.42 Å². The van der Waals surface area contributed by atoms with E-state index in [2.05, 4.69) is 0 Å². The smallest absolute Gasteiger partial charge is 0.188 e. The number of hydrogen-bond donors (Lipinski definition) is 1. The second kappa shape index (κ2) is 4.55. The third kappa shape index (κ3) is 3.81. The van der Waals surface area contributed by atoms with Crippen molar-refractivity contribution in [2.45, 2.75) is 5.75 Å². The number of carbonyl (C=O) groups is 1. The molecule has 1 aromatic carbocycles. The molecule has 0 unspecified atom stereocenters. The van der Waals surface area contributed by atoms with Gasteiger partial charge in [-0.15, -0.1) is 0 Å². The van der Waals surface area contributed by atoms with Crippen LogP contribution in [0.5, 0.6) is 0 Å². The van der Waals surface area contributed by atoms with E-state index in [4.69, 9.17) is 5.11 Å². The number of carbonyl (C=O) groups excluding carboxylic acids is 1. The summed E-state index contributed by atoms with van der Waals surface area (Å²) in [6, 6.07) is 6.27. The maximum absolute atomic E-state index is 11.1. The van der Waals surface area contributed by atoms with Crippen molar-refractivity contribution < 1.29 is 18.3 Å². The first-order valence-electron chi connectivity index (χ1n) is 4.33. The number of rotatable bonds is 4. The standard InChI is InChI=1S/C10H12O4S/c1-15(13,14)7-8-3-2-4-9(5-8)10(12)6-11/h2-5,11H,6-7H2,1H3. The molecule has 0 amide bonds. The molecular weight excluding hydrogens is 216 g/mol. The topological polar surface area (TPSA) is 71.4 Å². The van der Waals surface area contributed by atoms with Gasteiger partial charge in [-0.2, -0.15) is 0 Å². The van der Waals surface area contributed by atoms with Gasteiger partial charge in [0.2, 0.25) is 0 Å². The van der Waals surface area contributed by atoms with E-state index >= 15 is 0 Å². The van der Waals surface area contributed by atoms with E-state index in [1.807, 2.05) is 0 Å². The summed E-state index contributed by atoms with van der Waals surface area (Å²) in [7, 11) is -3.10. The third-order valence-electron chi connectivity index (χ3n) is 1.82. The molecule has 0 spiro atoms. The summed E-state index contributed by atoms with van der Waals surface area (Å²) in [5.74, 6) is -0.509. The van der Waals surface area contributed by atoms with E-state index in [1.165, 1.54) is 6.07 Å². The van der Waals surface area contributed by atoms with Gasteiger partial charge < -0.3 is 5.11 Å². The van der Waals surface area contributed by atoms with Crippen molar-refractivity contribution in [2.75, 3.05) is 12.9 Å². The van der Waals surface area contributed by atoms with Gasteiger partial charge in [0.1, 0.15) is 6.61 Å². The first-order valence-corrected chi connectivity index (χ1v) is 6.39. The molecule has 0 bridgehead atoms. The molecule has 15 heavy (non-hydrogen) atoms. The van der Waals surface area contributed by atoms with Crippen molar-refractivity contribution in [1.29, 1.82) is 0 Å². The van der Waals surface area contributed by atoms with E-state index in [-0.39, 0.29) is 5.75 Å². The average molecular weight is 228 g/mol. The zero-order chi connectivity index (χ0) is 11.5. The summed E-state index contributed by atoms with van der Waals surface area (Å²) in [6.45, 7) is -0.567. The highest BCUT2D eigenvalue weighted by Crippen LogP contribution is 2.09. The average Bonchev–Trinajstić information content (AvgIpc) is 2.14. The fraction of sp³-hybridized carbons (Fsp3) is 0.300. The summed E-state index contributed by atoms with van der Waals surface area (Å²) < 4.78 is 22.0. The molecule has 5 heteroatoms. The molecule has 1 aromatic rings. The Morgan fingerprint density at radius 2 is 2.07 bits per heavy atom. The number of aliphatic hydroxyl groups excluding tert-OH is 1. The number of Topliss-reactive ketones (excluding diaryl/α,β-unsaturated/α-hetero) is 1. The quantitative estimate of drug-likeness (QED) is 0.757. The zero-order valence-electron chi connectivity index (χ0n) is 8.30. The van der Waals surface area contributed by atoms with Gasteiger partial charge in [-0.1, -0.05) is 18.2 Å². The Labute approximate surface area is 88.5 Å². The molecule has 0 aliphatic heterocycles. The van der Waals surface area contributed by atoms with E-state index in [0.29, 0.717) is 11.1 Å². The van der Waals surface area contributed by atoms with Crippen molar-refractivity contribution in [3.63, 3.8) is 0 Å². The molecule has 0 radical (unpaired) electrons. The molecule has 0 aliphatic carbocycles. The lowest BCUT2D eigenvalue weighted by Crippen LogP contribution is -2.06. The number of benzene rings is 1. The van der Waals surface area contributed by atoms with E-state index in [9.17, 15) is 13.2 Å². The van der Waals surface area contributed by atoms with Crippen LogP contribution in [-0.2, 0) is 15.6 Å². The minimum absolute atomic E-state index is 0.0977. The van der Waals surface area contributed by atoms with Crippen LogP contribution >= 0.6 is 0 Å².